The van der Waals surface area contributed by atoms with E-state index in [4.69, 9.17) is 0 Å². The molecule has 1 amide bonds. The lowest BCUT2D eigenvalue weighted by molar-refractivity contribution is -0.143. The standard InChI is InChI=1S/C14H14F6N2O3S/c15-13(16,17)8-3-9(14(18,19)20)5-11(4-8)21-6-12(23)22-10-1-2-26(24,25)7-10/h3-5,10,21H,1-2,6-7H2,(H,22,23)/t10-/m0/s1. The van der Waals surface area contributed by atoms with Crippen molar-refractivity contribution in [1.29, 1.82) is 0 Å². The number of halogens is 6. The maximum absolute atomic E-state index is 12.7. The number of hydrogen-bond acceptors (Lipinski definition) is 4. The smallest absolute Gasteiger partial charge is 0.376 e. The second-order valence-electron chi connectivity index (χ2n) is 5.82. The highest BCUT2D eigenvalue weighted by atomic mass is 32.2. The van der Waals surface area contributed by atoms with Crippen molar-refractivity contribution in [2.24, 2.45) is 0 Å². The number of amides is 1. The van der Waals surface area contributed by atoms with Gasteiger partial charge in [0.1, 0.15) is 0 Å². The van der Waals surface area contributed by atoms with Crippen LogP contribution >= 0.6 is 0 Å². The molecule has 1 aliphatic heterocycles. The van der Waals surface area contributed by atoms with Gasteiger partial charge in [-0.05, 0) is 24.6 Å². The third-order valence-electron chi connectivity index (χ3n) is 3.64. The summed E-state index contributed by atoms with van der Waals surface area (Å²) in [4.78, 5) is 11.7. The molecule has 1 saturated heterocycles. The molecule has 26 heavy (non-hydrogen) atoms. The van der Waals surface area contributed by atoms with Gasteiger partial charge in [-0.25, -0.2) is 8.42 Å². The molecule has 0 saturated carbocycles. The van der Waals surface area contributed by atoms with Gasteiger partial charge in [-0.15, -0.1) is 0 Å². The molecule has 0 aromatic heterocycles. The lowest BCUT2D eigenvalue weighted by Crippen LogP contribution is -2.39. The molecule has 0 unspecified atom stereocenters. The summed E-state index contributed by atoms with van der Waals surface area (Å²) in [6, 6.07) is 0.279. The fraction of sp³-hybridized carbons (Fsp3) is 0.500. The lowest BCUT2D eigenvalue weighted by Gasteiger charge is -2.16. The molecule has 0 spiro atoms. The van der Waals surface area contributed by atoms with Crippen molar-refractivity contribution in [2.45, 2.75) is 24.8 Å². The van der Waals surface area contributed by atoms with Gasteiger partial charge in [-0.3, -0.25) is 4.79 Å². The minimum atomic E-state index is -4.99. The Labute approximate surface area is 144 Å². The minimum Gasteiger partial charge on any atom is -0.376 e. The molecule has 1 atom stereocenters. The van der Waals surface area contributed by atoms with Gasteiger partial charge in [0, 0.05) is 11.7 Å². The molecule has 1 heterocycles. The van der Waals surface area contributed by atoms with E-state index in [-0.39, 0.29) is 24.0 Å². The van der Waals surface area contributed by atoms with Crippen LogP contribution in [-0.2, 0) is 27.0 Å². The Hall–Kier alpha value is -1.98. The molecule has 0 bridgehead atoms. The number of rotatable bonds is 4. The third kappa shape index (κ3) is 5.51. The Morgan fingerprint density at radius 2 is 1.58 bits per heavy atom. The van der Waals surface area contributed by atoms with Crippen LogP contribution in [0.4, 0.5) is 32.0 Å². The van der Waals surface area contributed by atoms with E-state index in [0.717, 1.165) is 0 Å². The summed E-state index contributed by atoms with van der Waals surface area (Å²) in [5, 5.41) is 4.57. The van der Waals surface area contributed by atoms with E-state index >= 15 is 0 Å². The van der Waals surface area contributed by atoms with E-state index < -0.39 is 57.5 Å². The second-order valence-corrected chi connectivity index (χ2v) is 8.04. The van der Waals surface area contributed by atoms with Crippen LogP contribution in [-0.4, -0.2) is 38.4 Å². The summed E-state index contributed by atoms with van der Waals surface area (Å²) < 4.78 is 99.1. The summed E-state index contributed by atoms with van der Waals surface area (Å²) in [6.07, 6.45) is -9.77. The summed E-state index contributed by atoms with van der Waals surface area (Å²) in [5.74, 6) is -1.08. The van der Waals surface area contributed by atoms with E-state index in [2.05, 4.69) is 10.6 Å². The van der Waals surface area contributed by atoms with Gasteiger partial charge in [0.05, 0.1) is 29.2 Å². The summed E-state index contributed by atoms with van der Waals surface area (Å²) in [6.45, 7) is -0.602. The number of alkyl halides is 6. The number of nitrogens with one attached hydrogen (secondary N) is 2. The Morgan fingerprint density at radius 3 is 2.00 bits per heavy atom. The number of anilines is 1. The molecular weight excluding hydrogens is 390 g/mol. The van der Waals surface area contributed by atoms with Crippen LogP contribution in [0.15, 0.2) is 18.2 Å². The zero-order valence-electron chi connectivity index (χ0n) is 13.0. The van der Waals surface area contributed by atoms with Crippen LogP contribution in [0.2, 0.25) is 0 Å². The van der Waals surface area contributed by atoms with Crippen molar-refractivity contribution in [3.8, 4) is 0 Å². The highest BCUT2D eigenvalue weighted by Crippen LogP contribution is 2.37. The first-order valence-corrected chi connectivity index (χ1v) is 9.11. The van der Waals surface area contributed by atoms with Gasteiger partial charge >= 0.3 is 12.4 Å². The van der Waals surface area contributed by atoms with Gasteiger partial charge in [0.2, 0.25) is 5.91 Å². The SMILES string of the molecule is O=C(CNc1cc(C(F)(F)F)cc(C(F)(F)F)c1)N[C@H]1CCS(=O)(=O)C1. The lowest BCUT2D eigenvalue weighted by atomic mass is 10.1. The first kappa shape index (κ1) is 20.3. The Bertz CT molecular complexity index is 757. The maximum atomic E-state index is 12.7. The number of carbonyl (C=O) groups excluding carboxylic acids is 1. The zero-order chi connectivity index (χ0) is 19.8. The molecule has 2 N–H and O–H groups in total. The van der Waals surface area contributed by atoms with Crippen molar-refractivity contribution in [3.63, 3.8) is 0 Å². The molecule has 1 aromatic rings. The van der Waals surface area contributed by atoms with Gasteiger partial charge in [-0.1, -0.05) is 0 Å². The minimum absolute atomic E-state index is 0.0192. The number of sulfone groups is 1. The molecular formula is C14H14F6N2O3S. The molecule has 12 heteroatoms. The second kappa shape index (κ2) is 6.97. The molecule has 1 fully saturated rings. The number of hydrogen-bond donors (Lipinski definition) is 2. The van der Waals surface area contributed by atoms with Crippen LogP contribution in [0.1, 0.15) is 17.5 Å². The zero-order valence-corrected chi connectivity index (χ0v) is 13.9. The van der Waals surface area contributed by atoms with Gasteiger partial charge in [-0.2, -0.15) is 26.3 Å². The first-order valence-electron chi connectivity index (χ1n) is 7.29. The molecule has 146 valence electrons. The van der Waals surface area contributed by atoms with Crippen LogP contribution in [0.5, 0.6) is 0 Å². The highest BCUT2D eigenvalue weighted by Gasteiger charge is 2.37. The van der Waals surface area contributed by atoms with Crippen LogP contribution in [0, 0.1) is 0 Å². The van der Waals surface area contributed by atoms with E-state index in [0.29, 0.717) is 12.1 Å². The van der Waals surface area contributed by atoms with Gasteiger partial charge < -0.3 is 10.6 Å². The molecule has 0 radical (unpaired) electrons. The molecule has 2 rings (SSSR count). The van der Waals surface area contributed by atoms with Crippen molar-refractivity contribution >= 4 is 21.4 Å². The highest BCUT2D eigenvalue weighted by molar-refractivity contribution is 7.91. The molecule has 1 aromatic carbocycles. The van der Waals surface area contributed by atoms with Crippen molar-refractivity contribution in [2.75, 3.05) is 23.4 Å². The van der Waals surface area contributed by atoms with Crippen molar-refractivity contribution < 1.29 is 39.6 Å². The Kier molecular flexibility index (Phi) is 5.45. The summed E-state index contributed by atoms with van der Waals surface area (Å²) in [5.41, 5.74) is -3.53. The first-order chi connectivity index (χ1) is 11.8. The average Bonchev–Trinajstić information content (AvgIpc) is 2.82. The average molecular weight is 404 g/mol. The number of carbonyl (C=O) groups is 1. The fourth-order valence-electron chi connectivity index (χ4n) is 2.43. The predicted octanol–water partition coefficient (Wildman–Crippen LogP) is 2.44. The molecule has 5 nitrogen and oxygen atoms in total. The maximum Gasteiger partial charge on any atom is 0.416 e. The van der Waals surface area contributed by atoms with E-state index in [9.17, 15) is 39.6 Å². The quantitative estimate of drug-likeness (QED) is 0.756. The molecule has 1 aliphatic rings. The Morgan fingerprint density at radius 1 is 1.04 bits per heavy atom. The van der Waals surface area contributed by atoms with Crippen LogP contribution in [0.25, 0.3) is 0 Å². The van der Waals surface area contributed by atoms with Crippen molar-refractivity contribution in [1.82, 2.24) is 5.32 Å². The van der Waals surface area contributed by atoms with E-state index in [1.807, 2.05) is 0 Å². The number of benzene rings is 1. The van der Waals surface area contributed by atoms with Gasteiger partial charge in [0.15, 0.2) is 9.84 Å². The monoisotopic (exact) mass is 404 g/mol. The van der Waals surface area contributed by atoms with Crippen molar-refractivity contribution in [3.05, 3.63) is 29.3 Å². The predicted molar refractivity (Wildman–Crippen MR) is 80.1 cm³/mol. The summed E-state index contributed by atoms with van der Waals surface area (Å²) >= 11 is 0. The normalized spacial score (nSPS) is 20.0. The largest absolute Gasteiger partial charge is 0.416 e. The summed E-state index contributed by atoms with van der Waals surface area (Å²) in [7, 11) is -3.24. The molecule has 0 aliphatic carbocycles. The third-order valence-corrected chi connectivity index (χ3v) is 5.41. The van der Waals surface area contributed by atoms with Crippen LogP contribution in [0.3, 0.4) is 0 Å². The van der Waals surface area contributed by atoms with Gasteiger partial charge in [0.25, 0.3) is 0 Å². The Balaban J connectivity index is 2.07. The van der Waals surface area contributed by atoms with E-state index in [1.165, 1.54) is 0 Å². The fourth-order valence-corrected chi connectivity index (χ4v) is 4.10. The topological polar surface area (TPSA) is 75.3 Å². The van der Waals surface area contributed by atoms with Crippen LogP contribution < -0.4 is 10.6 Å². The van der Waals surface area contributed by atoms with E-state index in [1.54, 1.807) is 0 Å².